The Morgan fingerprint density at radius 3 is 2.61 bits per heavy atom. The Morgan fingerprint density at radius 1 is 1.17 bits per heavy atom. The molecule has 0 spiro atoms. The van der Waals surface area contributed by atoms with Crippen molar-refractivity contribution in [3.8, 4) is 5.75 Å². The molecule has 2 aliphatic carbocycles. The first-order valence-corrected chi connectivity index (χ1v) is 6.96. The van der Waals surface area contributed by atoms with Crippen LogP contribution in [0.2, 0.25) is 0 Å². The van der Waals surface area contributed by atoms with Crippen LogP contribution in [0.25, 0.3) is 0 Å². The smallest absolute Gasteiger partial charge is 0.124 e. The van der Waals surface area contributed by atoms with Gasteiger partial charge >= 0.3 is 0 Å². The van der Waals surface area contributed by atoms with Gasteiger partial charge in [0.1, 0.15) is 5.75 Å². The van der Waals surface area contributed by atoms with E-state index in [9.17, 15) is 0 Å². The molecule has 0 unspecified atom stereocenters. The third kappa shape index (κ3) is 3.03. The van der Waals surface area contributed by atoms with Crippen LogP contribution in [0.1, 0.15) is 31.2 Å². The maximum Gasteiger partial charge on any atom is 0.124 e. The second-order valence-corrected chi connectivity index (χ2v) is 5.35. The molecule has 2 saturated carbocycles. The van der Waals surface area contributed by atoms with Gasteiger partial charge in [0.25, 0.3) is 0 Å². The Labute approximate surface area is 108 Å². The summed E-state index contributed by atoms with van der Waals surface area (Å²) in [5.74, 6) is 1.03. The van der Waals surface area contributed by atoms with Crippen LogP contribution < -0.4 is 4.74 Å². The first kappa shape index (κ1) is 12.0. The Bertz CT molecular complexity index is 399. The summed E-state index contributed by atoms with van der Waals surface area (Å²) in [4.78, 5) is 2.37. The molecule has 1 aromatic carbocycles. The highest BCUT2D eigenvalue weighted by atomic mass is 16.5. The molecule has 0 heterocycles. The first-order chi connectivity index (χ1) is 8.86. The van der Waals surface area contributed by atoms with Crippen LogP contribution in [0.5, 0.6) is 5.75 Å². The van der Waals surface area contributed by atoms with Gasteiger partial charge in [-0.1, -0.05) is 18.2 Å². The SMILES string of the molecule is OCCN(Cc1ccccc1OC1CC1)C1CC1. The third-order valence-electron chi connectivity index (χ3n) is 3.61. The minimum absolute atomic E-state index is 0.238. The predicted octanol–water partition coefficient (Wildman–Crippen LogP) is 2.18. The van der Waals surface area contributed by atoms with Gasteiger partial charge in [0.15, 0.2) is 0 Å². The summed E-state index contributed by atoms with van der Waals surface area (Å²) in [6, 6.07) is 8.99. The zero-order valence-corrected chi connectivity index (χ0v) is 10.7. The molecular weight excluding hydrogens is 226 g/mol. The molecule has 3 heteroatoms. The van der Waals surface area contributed by atoms with Gasteiger partial charge in [-0.3, -0.25) is 4.90 Å². The van der Waals surface area contributed by atoms with E-state index in [1.54, 1.807) is 0 Å². The largest absolute Gasteiger partial charge is 0.490 e. The number of rotatable bonds is 7. The lowest BCUT2D eigenvalue weighted by molar-refractivity contribution is 0.180. The topological polar surface area (TPSA) is 32.7 Å². The Hall–Kier alpha value is -1.06. The molecule has 0 saturated heterocycles. The van der Waals surface area contributed by atoms with Crippen molar-refractivity contribution in [1.29, 1.82) is 0 Å². The molecule has 2 fully saturated rings. The second kappa shape index (κ2) is 5.29. The zero-order chi connectivity index (χ0) is 12.4. The highest BCUT2D eigenvalue weighted by Crippen LogP contribution is 2.32. The lowest BCUT2D eigenvalue weighted by Gasteiger charge is -2.22. The van der Waals surface area contributed by atoms with E-state index in [2.05, 4.69) is 23.1 Å². The molecule has 3 nitrogen and oxygen atoms in total. The summed E-state index contributed by atoms with van der Waals surface area (Å²) >= 11 is 0. The van der Waals surface area contributed by atoms with Crippen molar-refractivity contribution < 1.29 is 9.84 Å². The zero-order valence-electron chi connectivity index (χ0n) is 10.7. The number of nitrogens with zero attached hydrogens (tertiary/aromatic N) is 1. The van der Waals surface area contributed by atoms with Crippen molar-refractivity contribution >= 4 is 0 Å². The van der Waals surface area contributed by atoms with E-state index in [0.29, 0.717) is 12.1 Å². The minimum Gasteiger partial charge on any atom is -0.490 e. The van der Waals surface area contributed by atoms with Gasteiger partial charge in [-0.25, -0.2) is 0 Å². The number of aliphatic hydroxyl groups excluding tert-OH is 1. The highest BCUT2D eigenvalue weighted by molar-refractivity contribution is 5.34. The van der Waals surface area contributed by atoms with Crippen LogP contribution in [0, 0.1) is 0 Å². The van der Waals surface area contributed by atoms with Crippen molar-refractivity contribution in [3.05, 3.63) is 29.8 Å². The van der Waals surface area contributed by atoms with E-state index in [0.717, 1.165) is 18.8 Å². The van der Waals surface area contributed by atoms with Gasteiger partial charge in [-0.15, -0.1) is 0 Å². The van der Waals surface area contributed by atoms with E-state index < -0.39 is 0 Å². The number of para-hydroxylation sites is 1. The van der Waals surface area contributed by atoms with Crippen LogP contribution in [0.3, 0.4) is 0 Å². The quantitative estimate of drug-likeness (QED) is 0.801. The van der Waals surface area contributed by atoms with Crippen LogP contribution in [-0.4, -0.2) is 35.3 Å². The summed E-state index contributed by atoms with van der Waals surface area (Å²) in [6.45, 7) is 1.90. The van der Waals surface area contributed by atoms with Crippen molar-refractivity contribution in [2.45, 2.75) is 44.4 Å². The van der Waals surface area contributed by atoms with Gasteiger partial charge < -0.3 is 9.84 Å². The molecule has 0 bridgehead atoms. The van der Waals surface area contributed by atoms with Gasteiger partial charge in [0, 0.05) is 24.7 Å². The number of benzene rings is 1. The van der Waals surface area contributed by atoms with E-state index in [1.807, 2.05) is 6.07 Å². The summed E-state index contributed by atoms with van der Waals surface area (Å²) < 4.78 is 5.95. The third-order valence-corrected chi connectivity index (χ3v) is 3.61. The number of hydrogen-bond acceptors (Lipinski definition) is 3. The molecule has 3 rings (SSSR count). The van der Waals surface area contributed by atoms with Gasteiger partial charge in [0.05, 0.1) is 12.7 Å². The fourth-order valence-corrected chi connectivity index (χ4v) is 2.29. The van der Waals surface area contributed by atoms with Crippen LogP contribution in [0.15, 0.2) is 24.3 Å². The van der Waals surface area contributed by atoms with Crippen molar-refractivity contribution in [2.75, 3.05) is 13.2 Å². The molecule has 0 aromatic heterocycles. The van der Waals surface area contributed by atoms with Gasteiger partial charge in [0.2, 0.25) is 0 Å². The molecule has 98 valence electrons. The normalized spacial score (nSPS) is 19.2. The molecule has 0 amide bonds. The monoisotopic (exact) mass is 247 g/mol. The van der Waals surface area contributed by atoms with Crippen molar-refractivity contribution in [3.63, 3.8) is 0 Å². The summed E-state index contributed by atoms with van der Waals surface area (Å²) in [5, 5.41) is 9.14. The Balaban J connectivity index is 1.69. The lowest BCUT2D eigenvalue weighted by Crippen LogP contribution is -2.28. The fourth-order valence-electron chi connectivity index (χ4n) is 2.29. The molecule has 1 N–H and O–H groups in total. The molecule has 0 radical (unpaired) electrons. The van der Waals surface area contributed by atoms with Gasteiger partial charge in [-0.2, -0.15) is 0 Å². The maximum absolute atomic E-state index is 9.14. The Morgan fingerprint density at radius 2 is 1.94 bits per heavy atom. The number of ether oxygens (including phenoxy) is 1. The van der Waals surface area contributed by atoms with Crippen LogP contribution in [0.4, 0.5) is 0 Å². The van der Waals surface area contributed by atoms with Crippen LogP contribution in [-0.2, 0) is 6.54 Å². The van der Waals surface area contributed by atoms with Crippen LogP contribution >= 0.6 is 0 Å². The standard InChI is InChI=1S/C15H21NO2/c17-10-9-16(13-5-6-13)11-12-3-1-2-4-15(12)18-14-7-8-14/h1-4,13-14,17H,5-11H2. The van der Waals surface area contributed by atoms with Crippen molar-refractivity contribution in [2.24, 2.45) is 0 Å². The van der Waals surface area contributed by atoms with E-state index >= 15 is 0 Å². The second-order valence-electron chi connectivity index (χ2n) is 5.35. The Kier molecular flexibility index (Phi) is 3.52. The minimum atomic E-state index is 0.238. The van der Waals surface area contributed by atoms with E-state index in [4.69, 9.17) is 9.84 Å². The fraction of sp³-hybridized carbons (Fsp3) is 0.600. The van der Waals surface area contributed by atoms with Crippen molar-refractivity contribution in [1.82, 2.24) is 4.90 Å². The average Bonchev–Trinajstić information content (AvgIpc) is 3.25. The molecule has 2 aliphatic rings. The number of aliphatic hydroxyl groups is 1. The lowest BCUT2D eigenvalue weighted by atomic mass is 10.2. The highest BCUT2D eigenvalue weighted by Gasteiger charge is 2.29. The van der Waals surface area contributed by atoms with E-state index in [1.165, 1.54) is 31.2 Å². The molecule has 1 aromatic rings. The summed E-state index contributed by atoms with van der Waals surface area (Å²) in [6.07, 6.45) is 5.37. The molecular formula is C15H21NO2. The number of hydrogen-bond donors (Lipinski definition) is 1. The first-order valence-electron chi connectivity index (χ1n) is 6.96. The molecule has 0 aliphatic heterocycles. The predicted molar refractivity (Wildman–Crippen MR) is 70.6 cm³/mol. The molecule has 0 atom stereocenters. The average molecular weight is 247 g/mol. The van der Waals surface area contributed by atoms with Gasteiger partial charge in [-0.05, 0) is 31.7 Å². The maximum atomic E-state index is 9.14. The summed E-state index contributed by atoms with van der Waals surface area (Å²) in [5.41, 5.74) is 1.25. The summed E-state index contributed by atoms with van der Waals surface area (Å²) in [7, 11) is 0. The van der Waals surface area contributed by atoms with E-state index in [-0.39, 0.29) is 6.61 Å². The molecule has 18 heavy (non-hydrogen) atoms.